The van der Waals surface area contributed by atoms with Crippen molar-refractivity contribution in [1.29, 1.82) is 0 Å². The van der Waals surface area contributed by atoms with Crippen LogP contribution in [0.25, 0.3) is 0 Å². The molecule has 64 heavy (non-hydrogen) atoms. The zero-order chi connectivity index (χ0) is 46.6. The maximum atomic E-state index is 14.0. The van der Waals surface area contributed by atoms with Crippen molar-refractivity contribution in [3.8, 4) is 23.0 Å². The lowest BCUT2D eigenvalue weighted by Gasteiger charge is -2.39. The zero-order valence-corrected chi connectivity index (χ0v) is 39.5. The van der Waals surface area contributed by atoms with Gasteiger partial charge in [-0.3, -0.25) is 20.2 Å². The molecule has 0 spiro atoms. The van der Waals surface area contributed by atoms with Gasteiger partial charge in [-0.05, 0) is 77.8 Å². The highest BCUT2D eigenvalue weighted by Gasteiger charge is 2.40. The quantitative estimate of drug-likeness (QED) is 0.0533. The number of unbranched alkanes of at least 4 members (excludes halogenated alkanes) is 2. The van der Waals surface area contributed by atoms with Crippen molar-refractivity contribution in [2.24, 2.45) is 0 Å². The number of anilines is 2. The molecular weight excluding hydrogens is 865 g/mol. The van der Waals surface area contributed by atoms with E-state index >= 15 is 0 Å². The number of carbonyl (C=O) groups is 4. The third-order valence-corrected chi connectivity index (χ3v) is 14.3. The number of ether oxygens (including phenoxy) is 6. The number of rotatable bonds is 21. The fourth-order valence-corrected chi connectivity index (χ4v) is 10.3. The number of benzene rings is 2. The van der Waals surface area contributed by atoms with Crippen molar-refractivity contribution in [2.75, 3.05) is 76.7 Å². The standard InChI is InChI=1S/C46H64N4O12S2/c1-9-63-64-46(14-13-15-46)28-61-43(55)47-35-22-39(37(57-7)20-33(35)41(53)49-24-29(2)18-31(49)26-51)59-16-11-10-12-17-60-40-23-36(48-44(56)62-45(4,5)6)34(21-38(40)58-8)42(54)50-25-30(3)19-32(50)27-52/h20-23,31-32,51-52H,2-3,9-19,24-28H2,1,4-8H3,(H,47,55)(H,48,56)/t31-,32-/m0/s1. The molecule has 1 saturated carbocycles. The fraction of sp³-hybridized carbons (Fsp3) is 0.565. The van der Waals surface area contributed by atoms with Gasteiger partial charge in [-0.25, -0.2) is 9.59 Å². The molecule has 16 nitrogen and oxygen atoms in total. The molecule has 1 aliphatic carbocycles. The molecule has 2 saturated heterocycles. The summed E-state index contributed by atoms with van der Waals surface area (Å²) in [6.07, 6.45) is 4.36. The molecule has 352 valence electrons. The van der Waals surface area contributed by atoms with Gasteiger partial charge >= 0.3 is 12.2 Å². The second-order valence-corrected chi connectivity index (χ2v) is 20.2. The van der Waals surface area contributed by atoms with Gasteiger partial charge in [0, 0.05) is 31.0 Å². The molecule has 3 fully saturated rings. The van der Waals surface area contributed by atoms with E-state index in [2.05, 4.69) is 30.7 Å². The van der Waals surface area contributed by atoms with Gasteiger partial charge < -0.3 is 48.4 Å². The Morgan fingerprint density at radius 3 is 1.66 bits per heavy atom. The van der Waals surface area contributed by atoms with E-state index in [1.165, 1.54) is 37.3 Å². The molecule has 4 amide bonds. The first-order valence-corrected chi connectivity index (χ1v) is 24.0. The van der Waals surface area contributed by atoms with Gasteiger partial charge in [-0.2, -0.15) is 0 Å². The number of aliphatic hydroxyl groups is 2. The van der Waals surface area contributed by atoms with Crippen LogP contribution >= 0.6 is 21.6 Å². The Bertz CT molecular complexity index is 2020. The van der Waals surface area contributed by atoms with E-state index in [-0.39, 0.29) is 84.9 Å². The lowest BCUT2D eigenvalue weighted by Crippen LogP contribution is -2.39. The van der Waals surface area contributed by atoms with Gasteiger partial charge in [0.05, 0.1) is 80.0 Å². The van der Waals surface area contributed by atoms with E-state index in [9.17, 15) is 29.4 Å². The molecule has 2 aliphatic heterocycles. The van der Waals surface area contributed by atoms with Crippen LogP contribution in [0.1, 0.15) is 99.8 Å². The molecule has 2 aromatic rings. The second kappa shape index (κ2) is 22.9. The Morgan fingerprint density at radius 2 is 1.25 bits per heavy atom. The van der Waals surface area contributed by atoms with Crippen molar-refractivity contribution in [1.82, 2.24) is 9.80 Å². The third kappa shape index (κ3) is 13.2. The largest absolute Gasteiger partial charge is 0.493 e. The van der Waals surface area contributed by atoms with E-state index in [0.29, 0.717) is 43.6 Å². The van der Waals surface area contributed by atoms with E-state index in [0.717, 1.165) is 36.2 Å². The maximum Gasteiger partial charge on any atom is 0.412 e. The van der Waals surface area contributed by atoms with Crippen molar-refractivity contribution < 1.29 is 57.8 Å². The molecule has 0 radical (unpaired) electrons. The number of hydrogen-bond donors (Lipinski definition) is 4. The summed E-state index contributed by atoms with van der Waals surface area (Å²) in [4.78, 5) is 57.1. The lowest BCUT2D eigenvalue weighted by molar-refractivity contribution is 0.0634. The first kappa shape index (κ1) is 50.2. The summed E-state index contributed by atoms with van der Waals surface area (Å²) in [6, 6.07) is 5.23. The Kier molecular flexibility index (Phi) is 18.0. The Labute approximate surface area is 384 Å². The van der Waals surface area contributed by atoms with Crippen molar-refractivity contribution in [3.05, 3.63) is 59.7 Å². The van der Waals surface area contributed by atoms with Gasteiger partial charge in [-0.15, -0.1) is 0 Å². The molecule has 18 heteroatoms. The van der Waals surface area contributed by atoms with Crippen molar-refractivity contribution in [3.63, 3.8) is 0 Å². The predicted octanol–water partition coefficient (Wildman–Crippen LogP) is 8.08. The molecule has 0 unspecified atom stereocenters. The molecule has 2 aromatic carbocycles. The predicted molar refractivity (Wildman–Crippen MR) is 249 cm³/mol. The minimum absolute atomic E-state index is 0.131. The smallest absolute Gasteiger partial charge is 0.412 e. The summed E-state index contributed by atoms with van der Waals surface area (Å²) in [7, 11) is 6.42. The number of methoxy groups -OCH3 is 2. The molecule has 0 aromatic heterocycles. The van der Waals surface area contributed by atoms with Gasteiger partial charge in [0.25, 0.3) is 11.8 Å². The minimum Gasteiger partial charge on any atom is -0.493 e. The van der Waals surface area contributed by atoms with Crippen molar-refractivity contribution >= 4 is 57.0 Å². The lowest BCUT2D eigenvalue weighted by atomic mass is 9.85. The highest BCUT2D eigenvalue weighted by molar-refractivity contribution is 8.77. The Morgan fingerprint density at radius 1 is 0.766 bits per heavy atom. The van der Waals surface area contributed by atoms with Crippen LogP contribution in [-0.2, 0) is 9.47 Å². The van der Waals surface area contributed by atoms with Crippen LogP contribution in [0.4, 0.5) is 21.0 Å². The van der Waals surface area contributed by atoms with E-state index < -0.39 is 41.7 Å². The molecule has 2 atom stereocenters. The summed E-state index contributed by atoms with van der Waals surface area (Å²) >= 11 is 0. The van der Waals surface area contributed by atoms with Crippen LogP contribution in [0.5, 0.6) is 23.0 Å². The van der Waals surface area contributed by atoms with Crippen LogP contribution in [-0.4, -0.2) is 133 Å². The zero-order valence-electron chi connectivity index (χ0n) is 37.9. The molecule has 2 heterocycles. The summed E-state index contributed by atoms with van der Waals surface area (Å²) < 4.78 is 34.7. The van der Waals surface area contributed by atoms with Crippen molar-refractivity contribution in [2.45, 2.75) is 101 Å². The number of aliphatic hydroxyl groups excluding tert-OH is 2. The van der Waals surface area contributed by atoms with Crippen LogP contribution in [0.15, 0.2) is 48.6 Å². The van der Waals surface area contributed by atoms with Gasteiger partial charge in [0.15, 0.2) is 23.0 Å². The fourth-order valence-electron chi connectivity index (χ4n) is 7.60. The summed E-state index contributed by atoms with van der Waals surface area (Å²) in [6.45, 7) is 16.1. The number of amides is 4. The first-order chi connectivity index (χ1) is 30.5. The third-order valence-electron chi connectivity index (χ3n) is 11.0. The number of carbonyl (C=O) groups excluding carboxylic acids is 4. The van der Waals surface area contributed by atoms with Crippen LogP contribution in [0, 0.1) is 0 Å². The number of likely N-dealkylation sites (tertiary alicyclic amines) is 2. The van der Waals surface area contributed by atoms with E-state index in [1.54, 1.807) is 53.3 Å². The highest BCUT2D eigenvalue weighted by atomic mass is 33.1. The summed E-state index contributed by atoms with van der Waals surface area (Å²) in [5.41, 5.74) is 1.49. The van der Waals surface area contributed by atoms with E-state index in [1.807, 2.05) is 0 Å². The van der Waals surface area contributed by atoms with Gasteiger partial charge in [0.1, 0.15) is 12.2 Å². The van der Waals surface area contributed by atoms with E-state index in [4.69, 9.17) is 28.4 Å². The minimum atomic E-state index is -0.793. The monoisotopic (exact) mass is 928 g/mol. The van der Waals surface area contributed by atoms with Gasteiger partial charge in [0.2, 0.25) is 0 Å². The van der Waals surface area contributed by atoms with Crippen LogP contribution in [0.2, 0.25) is 0 Å². The average molecular weight is 929 g/mol. The van der Waals surface area contributed by atoms with Gasteiger partial charge in [-0.1, -0.05) is 59.2 Å². The number of hydrogen-bond acceptors (Lipinski definition) is 14. The SMILES string of the molecule is C=C1C[C@@H](CO)N(C(=O)c2cc(OC)c(OCCCCCOc3cc(NC(=O)OC(C)(C)C)c(C(=O)N4CC(=C)C[C@H]4CO)cc3OC)cc2NC(=O)OCC2(SSCC)CCC2)C1. The average Bonchev–Trinajstić information content (AvgIpc) is 3.82. The van der Waals surface area contributed by atoms with Crippen LogP contribution < -0.4 is 29.6 Å². The van der Waals surface area contributed by atoms with Crippen LogP contribution in [0.3, 0.4) is 0 Å². The summed E-state index contributed by atoms with van der Waals surface area (Å²) in [5.74, 6) is 1.31. The normalized spacial score (nSPS) is 18.0. The molecule has 3 aliphatic rings. The molecule has 4 N–H and O–H groups in total. The Hall–Kier alpha value is -4.78. The molecular formula is C46H64N4O12S2. The number of nitrogens with one attached hydrogen (secondary N) is 2. The highest BCUT2D eigenvalue weighted by Crippen LogP contribution is 2.49. The second-order valence-electron chi connectivity index (χ2n) is 17.2. The molecule has 0 bridgehead atoms. The maximum absolute atomic E-state index is 14.0. The first-order valence-electron chi connectivity index (χ1n) is 21.6. The number of nitrogens with zero attached hydrogens (tertiary/aromatic N) is 2. The summed E-state index contributed by atoms with van der Waals surface area (Å²) in [5, 5.41) is 25.5. The topological polar surface area (TPSA) is 195 Å². The Balaban J connectivity index is 1.24. The molecule has 5 rings (SSSR count).